The van der Waals surface area contributed by atoms with Crippen molar-refractivity contribution in [1.29, 1.82) is 0 Å². The third-order valence-corrected chi connectivity index (χ3v) is 1.20. The average molecular weight is 142 g/mol. The third kappa shape index (κ3) is 3.79. The van der Waals surface area contributed by atoms with Gasteiger partial charge in [-0.25, -0.2) is 0 Å². The maximum absolute atomic E-state index is 5.15. The summed E-state index contributed by atoms with van der Waals surface area (Å²) in [5, 5.41) is 0. The van der Waals surface area contributed by atoms with E-state index in [-0.39, 0.29) is 37.7 Å². The van der Waals surface area contributed by atoms with Crippen LogP contribution in [0.4, 0.5) is 0 Å². The number of hydrogen-bond acceptors (Lipinski definition) is 0. The van der Waals surface area contributed by atoms with E-state index in [1.165, 1.54) is 0 Å². The van der Waals surface area contributed by atoms with Gasteiger partial charge in [0.1, 0.15) is 0 Å². The number of rotatable bonds is 0. The predicted molar refractivity (Wildman–Crippen MR) is 56.6 cm³/mol. The molecule has 0 bridgehead atoms. The molecule has 1 rings (SSSR count). The molecule has 0 nitrogen and oxygen atoms in total. The Bertz CT molecular complexity index is 286. The van der Waals surface area contributed by atoms with Gasteiger partial charge in [-0.2, -0.15) is 0 Å². The van der Waals surface area contributed by atoms with E-state index in [0.717, 1.165) is 11.1 Å². The first kappa shape index (κ1) is 14.1. The van der Waals surface area contributed by atoms with Gasteiger partial charge >= 0.3 is 37.7 Å². The van der Waals surface area contributed by atoms with E-state index >= 15 is 0 Å². The van der Waals surface area contributed by atoms with Crippen LogP contribution >= 0.6 is 0 Å². The molecule has 2 heteroatoms. The summed E-state index contributed by atoms with van der Waals surface area (Å²) in [6.07, 6.45) is 10.3. The summed E-state index contributed by atoms with van der Waals surface area (Å²) in [5.74, 6) is 5.01. The molecule has 0 N–H and O–H groups in total. The molecule has 0 radical (unpaired) electrons. The Kier molecular flexibility index (Phi) is 8.45. The molecule has 1 aromatic rings. The van der Waals surface area contributed by atoms with Crippen LogP contribution in [0.3, 0.4) is 0 Å². The Balaban J connectivity index is 0. The molecule has 0 unspecified atom stereocenters. The van der Waals surface area contributed by atoms with Crippen molar-refractivity contribution in [3.8, 4) is 24.7 Å². The van der Waals surface area contributed by atoms with Crippen LogP contribution in [0, 0.1) is 24.7 Å². The molecule has 0 spiro atoms. The van der Waals surface area contributed by atoms with Crippen LogP contribution in [0.1, 0.15) is 11.1 Å². The second kappa shape index (κ2) is 7.20. The molecular formula is C10H8Li2. The Hall–Kier alpha value is -0.465. The predicted octanol–water partition coefficient (Wildman–Crippen LogP) is 0.352. The van der Waals surface area contributed by atoms with Crippen molar-refractivity contribution in [3.05, 3.63) is 35.4 Å². The normalized spacial score (nSPS) is 6.50. The first-order chi connectivity index (χ1) is 4.86. The van der Waals surface area contributed by atoms with Crippen molar-refractivity contribution in [2.45, 2.75) is 0 Å². The number of benzene rings is 1. The van der Waals surface area contributed by atoms with Crippen LogP contribution in [-0.2, 0) is 0 Å². The van der Waals surface area contributed by atoms with Crippen LogP contribution in [0.5, 0.6) is 0 Å². The fourth-order valence-corrected chi connectivity index (χ4v) is 0.699. The fourth-order valence-electron chi connectivity index (χ4n) is 0.699. The number of hydrogen-bond donors (Lipinski definition) is 0. The Morgan fingerprint density at radius 1 is 0.917 bits per heavy atom. The SMILES string of the molecule is C#Cc1cccc(C#C)c1.[LiH].[LiH]. The summed E-state index contributed by atoms with van der Waals surface area (Å²) in [7, 11) is 0. The van der Waals surface area contributed by atoms with E-state index in [0.29, 0.717) is 0 Å². The zero-order chi connectivity index (χ0) is 7.40. The third-order valence-electron chi connectivity index (χ3n) is 1.20. The van der Waals surface area contributed by atoms with Gasteiger partial charge in [0.25, 0.3) is 0 Å². The van der Waals surface area contributed by atoms with Crippen LogP contribution in [0.25, 0.3) is 0 Å². The van der Waals surface area contributed by atoms with E-state index < -0.39 is 0 Å². The van der Waals surface area contributed by atoms with Crippen LogP contribution in [0.15, 0.2) is 24.3 Å². The average Bonchev–Trinajstić information content (AvgIpc) is 2.05. The van der Waals surface area contributed by atoms with Gasteiger partial charge in [0.2, 0.25) is 0 Å². The Morgan fingerprint density at radius 3 is 1.67 bits per heavy atom. The quantitative estimate of drug-likeness (QED) is 0.362. The summed E-state index contributed by atoms with van der Waals surface area (Å²) in [5.41, 5.74) is 1.66. The molecule has 0 saturated carbocycles. The Labute approximate surface area is 97.5 Å². The van der Waals surface area contributed by atoms with Crippen molar-refractivity contribution >= 4 is 37.7 Å². The molecule has 0 aliphatic rings. The standard InChI is InChI=1S/C10H6.2Li.2H/c1-3-9-6-5-7-10(4-2)8-9;;;;/h1-2,5-8H;;;;. The monoisotopic (exact) mass is 142 g/mol. The molecule has 0 atom stereocenters. The van der Waals surface area contributed by atoms with Gasteiger partial charge in [-0.15, -0.1) is 12.8 Å². The fraction of sp³-hybridized carbons (Fsp3) is 0. The molecule has 0 aromatic heterocycles. The van der Waals surface area contributed by atoms with Gasteiger partial charge in [0, 0.05) is 11.1 Å². The van der Waals surface area contributed by atoms with Gasteiger partial charge in [0.05, 0.1) is 0 Å². The van der Waals surface area contributed by atoms with Gasteiger partial charge in [-0.3, -0.25) is 0 Å². The van der Waals surface area contributed by atoms with Gasteiger partial charge < -0.3 is 0 Å². The molecule has 0 saturated heterocycles. The summed E-state index contributed by atoms with van der Waals surface area (Å²) in [4.78, 5) is 0. The van der Waals surface area contributed by atoms with E-state index in [4.69, 9.17) is 12.8 Å². The number of terminal acetylenes is 2. The molecule has 0 aliphatic heterocycles. The summed E-state index contributed by atoms with van der Waals surface area (Å²) < 4.78 is 0. The molecule has 50 valence electrons. The molecule has 0 fully saturated rings. The summed E-state index contributed by atoms with van der Waals surface area (Å²) in [6, 6.07) is 7.35. The minimum atomic E-state index is 0. The van der Waals surface area contributed by atoms with E-state index in [1.807, 2.05) is 18.2 Å². The molecular weight excluding hydrogens is 134 g/mol. The zero-order valence-electron chi connectivity index (χ0n) is 5.46. The van der Waals surface area contributed by atoms with Crippen molar-refractivity contribution in [3.63, 3.8) is 0 Å². The van der Waals surface area contributed by atoms with Crippen LogP contribution in [-0.4, -0.2) is 37.7 Å². The van der Waals surface area contributed by atoms with Crippen molar-refractivity contribution < 1.29 is 0 Å². The van der Waals surface area contributed by atoms with E-state index in [2.05, 4.69) is 11.8 Å². The first-order valence-electron chi connectivity index (χ1n) is 2.90. The molecule has 0 amide bonds. The summed E-state index contributed by atoms with van der Waals surface area (Å²) in [6.45, 7) is 0. The molecule has 0 heterocycles. The topological polar surface area (TPSA) is 0 Å². The van der Waals surface area contributed by atoms with Crippen LogP contribution in [0.2, 0.25) is 0 Å². The second-order valence-corrected chi connectivity index (χ2v) is 1.87. The molecule has 1 aromatic carbocycles. The molecule has 12 heavy (non-hydrogen) atoms. The summed E-state index contributed by atoms with van der Waals surface area (Å²) >= 11 is 0. The van der Waals surface area contributed by atoms with Crippen molar-refractivity contribution in [2.75, 3.05) is 0 Å². The minimum absolute atomic E-state index is 0. The maximum atomic E-state index is 5.15. The molecule has 0 aliphatic carbocycles. The van der Waals surface area contributed by atoms with Gasteiger partial charge in [0.15, 0.2) is 0 Å². The van der Waals surface area contributed by atoms with E-state index in [1.54, 1.807) is 6.07 Å². The van der Waals surface area contributed by atoms with Crippen LogP contribution < -0.4 is 0 Å². The van der Waals surface area contributed by atoms with E-state index in [9.17, 15) is 0 Å². The van der Waals surface area contributed by atoms with Gasteiger partial charge in [-0.1, -0.05) is 17.9 Å². The second-order valence-electron chi connectivity index (χ2n) is 1.87. The zero-order valence-corrected chi connectivity index (χ0v) is 5.46. The Morgan fingerprint density at radius 2 is 1.33 bits per heavy atom. The first-order valence-corrected chi connectivity index (χ1v) is 2.90. The van der Waals surface area contributed by atoms with Gasteiger partial charge in [-0.05, 0) is 18.2 Å². The van der Waals surface area contributed by atoms with Crippen molar-refractivity contribution in [2.24, 2.45) is 0 Å². The van der Waals surface area contributed by atoms with Crippen molar-refractivity contribution in [1.82, 2.24) is 0 Å².